The molecule has 112 valence electrons. The van der Waals surface area contributed by atoms with Crippen molar-refractivity contribution in [1.82, 2.24) is 10.3 Å². The fraction of sp³-hybridized carbons (Fsp3) is 0.312. The Hall–Kier alpha value is -1.46. The first-order chi connectivity index (χ1) is 10.1. The van der Waals surface area contributed by atoms with Gasteiger partial charge in [-0.15, -0.1) is 0 Å². The highest BCUT2D eigenvalue weighted by Crippen LogP contribution is 2.28. The summed E-state index contributed by atoms with van der Waals surface area (Å²) < 4.78 is 20.2. The van der Waals surface area contributed by atoms with Crippen LogP contribution in [-0.4, -0.2) is 11.5 Å². The number of nitrogens with one attached hydrogen (secondary N) is 1. The van der Waals surface area contributed by atoms with Crippen LogP contribution in [0.2, 0.25) is 0 Å². The summed E-state index contributed by atoms with van der Waals surface area (Å²) in [6, 6.07) is 6.47. The Labute approximate surface area is 132 Å². The number of hydrogen-bond donors (Lipinski definition) is 1. The Morgan fingerprint density at radius 2 is 2.10 bits per heavy atom. The first kappa shape index (κ1) is 15.9. The summed E-state index contributed by atoms with van der Waals surface area (Å²) in [6.45, 7) is 5.83. The van der Waals surface area contributed by atoms with Gasteiger partial charge in [-0.2, -0.15) is 0 Å². The van der Waals surface area contributed by atoms with E-state index in [9.17, 15) is 4.39 Å². The summed E-state index contributed by atoms with van der Waals surface area (Å²) >= 11 is 3.23. The van der Waals surface area contributed by atoms with Gasteiger partial charge >= 0.3 is 0 Å². The molecule has 1 aromatic carbocycles. The summed E-state index contributed by atoms with van der Waals surface area (Å²) in [6.07, 6.45) is 3.37. The fourth-order valence-corrected chi connectivity index (χ4v) is 2.15. The fourth-order valence-electron chi connectivity index (χ4n) is 1.82. The van der Waals surface area contributed by atoms with Gasteiger partial charge in [-0.05, 0) is 36.7 Å². The number of benzene rings is 1. The SMILES string of the molecule is CC(C)CNCc1cnccc1Oc1ccc(Br)cc1F. The highest BCUT2D eigenvalue weighted by molar-refractivity contribution is 9.10. The average Bonchev–Trinajstić information content (AvgIpc) is 2.43. The Morgan fingerprint density at radius 3 is 2.81 bits per heavy atom. The third-order valence-corrected chi connectivity index (χ3v) is 3.33. The molecule has 0 unspecified atom stereocenters. The standard InChI is InChI=1S/C16H18BrFN2O/c1-11(2)8-20-10-12-9-19-6-5-15(12)21-16-4-3-13(17)7-14(16)18/h3-7,9,11,20H,8,10H2,1-2H3. The van der Waals surface area contributed by atoms with E-state index >= 15 is 0 Å². The van der Waals surface area contributed by atoms with Crippen molar-refractivity contribution in [3.63, 3.8) is 0 Å². The predicted octanol–water partition coefficient (Wildman–Crippen LogP) is 4.52. The minimum absolute atomic E-state index is 0.203. The predicted molar refractivity (Wildman–Crippen MR) is 85.0 cm³/mol. The Morgan fingerprint density at radius 1 is 1.29 bits per heavy atom. The largest absolute Gasteiger partial charge is 0.454 e. The molecule has 0 bridgehead atoms. The van der Waals surface area contributed by atoms with E-state index in [2.05, 4.69) is 40.1 Å². The van der Waals surface area contributed by atoms with Crippen molar-refractivity contribution in [2.45, 2.75) is 20.4 Å². The van der Waals surface area contributed by atoms with Crippen molar-refractivity contribution in [1.29, 1.82) is 0 Å². The van der Waals surface area contributed by atoms with E-state index in [-0.39, 0.29) is 5.75 Å². The highest BCUT2D eigenvalue weighted by atomic mass is 79.9. The van der Waals surface area contributed by atoms with E-state index in [0.29, 0.717) is 22.7 Å². The molecule has 0 aliphatic heterocycles. The normalized spacial score (nSPS) is 10.9. The van der Waals surface area contributed by atoms with E-state index in [1.807, 2.05) is 0 Å². The van der Waals surface area contributed by atoms with Crippen LogP contribution < -0.4 is 10.1 Å². The van der Waals surface area contributed by atoms with Crippen molar-refractivity contribution in [3.8, 4) is 11.5 Å². The highest BCUT2D eigenvalue weighted by Gasteiger charge is 2.09. The van der Waals surface area contributed by atoms with E-state index in [1.54, 1.807) is 30.6 Å². The molecule has 0 aliphatic rings. The second kappa shape index (κ2) is 7.52. The number of pyridine rings is 1. The van der Waals surface area contributed by atoms with Crippen LogP contribution in [0.25, 0.3) is 0 Å². The number of halogens is 2. The van der Waals surface area contributed by atoms with Crippen molar-refractivity contribution < 1.29 is 9.13 Å². The van der Waals surface area contributed by atoms with Gasteiger partial charge in [0.2, 0.25) is 0 Å². The van der Waals surface area contributed by atoms with Crippen molar-refractivity contribution in [3.05, 3.63) is 52.5 Å². The van der Waals surface area contributed by atoms with Gasteiger partial charge in [0, 0.05) is 29.0 Å². The van der Waals surface area contributed by atoms with Gasteiger partial charge in [0.15, 0.2) is 11.6 Å². The van der Waals surface area contributed by atoms with Gasteiger partial charge in [-0.1, -0.05) is 29.8 Å². The molecular formula is C16H18BrFN2O. The quantitative estimate of drug-likeness (QED) is 0.829. The Kier molecular flexibility index (Phi) is 5.70. The molecule has 0 atom stereocenters. The van der Waals surface area contributed by atoms with Crippen molar-refractivity contribution in [2.75, 3.05) is 6.54 Å². The molecular weight excluding hydrogens is 335 g/mol. The molecule has 21 heavy (non-hydrogen) atoms. The van der Waals surface area contributed by atoms with Gasteiger partial charge in [0.1, 0.15) is 5.75 Å². The van der Waals surface area contributed by atoms with Gasteiger partial charge < -0.3 is 10.1 Å². The van der Waals surface area contributed by atoms with E-state index in [1.165, 1.54) is 6.07 Å². The van der Waals surface area contributed by atoms with Crippen LogP contribution in [0.4, 0.5) is 4.39 Å². The molecule has 0 amide bonds. The zero-order valence-electron chi connectivity index (χ0n) is 12.1. The van der Waals surface area contributed by atoms with Crippen LogP contribution in [-0.2, 0) is 6.54 Å². The molecule has 1 heterocycles. The molecule has 2 rings (SSSR count). The lowest BCUT2D eigenvalue weighted by Gasteiger charge is -2.13. The third-order valence-electron chi connectivity index (χ3n) is 2.84. The lowest BCUT2D eigenvalue weighted by atomic mass is 10.2. The molecule has 0 saturated heterocycles. The van der Waals surface area contributed by atoms with E-state index < -0.39 is 5.82 Å². The average molecular weight is 353 g/mol. The maximum atomic E-state index is 13.8. The van der Waals surface area contributed by atoms with Crippen LogP contribution in [0.3, 0.4) is 0 Å². The number of rotatable bonds is 6. The smallest absolute Gasteiger partial charge is 0.166 e. The zero-order valence-corrected chi connectivity index (χ0v) is 13.7. The summed E-state index contributed by atoms with van der Waals surface area (Å²) in [5.74, 6) is 0.981. The Balaban J connectivity index is 2.12. The van der Waals surface area contributed by atoms with Gasteiger partial charge in [0.25, 0.3) is 0 Å². The molecule has 0 fully saturated rings. The lowest BCUT2D eigenvalue weighted by molar-refractivity contribution is 0.433. The maximum absolute atomic E-state index is 13.8. The molecule has 1 aromatic heterocycles. The number of ether oxygens (including phenoxy) is 1. The summed E-state index contributed by atoms with van der Waals surface area (Å²) in [7, 11) is 0. The van der Waals surface area contributed by atoms with Gasteiger partial charge in [0.05, 0.1) is 0 Å². The Bertz CT molecular complexity index is 605. The number of hydrogen-bond acceptors (Lipinski definition) is 3. The van der Waals surface area contributed by atoms with Crippen molar-refractivity contribution >= 4 is 15.9 Å². The summed E-state index contributed by atoms with van der Waals surface area (Å²) in [4.78, 5) is 4.10. The van der Waals surface area contributed by atoms with Crippen LogP contribution in [0, 0.1) is 11.7 Å². The van der Waals surface area contributed by atoms with E-state index in [0.717, 1.165) is 12.1 Å². The topological polar surface area (TPSA) is 34.2 Å². The molecule has 3 nitrogen and oxygen atoms in total. The second-order valence-electron chi connectivity index (χ2n) is 5.18. The molecule has 0 aliphatic carbocycles. The maximum Gasteiger partial charge on any atom is 0.166 e. The molecule has 1 N–H and O–H groups in total. The third kappa shape index (κ3) is 4.79. The van der Waals surface area contributed by atoms with Crippen LogP contribution in [0.5, 0.6) is 11.5 Å². The molecule has 0 radical (unpaired) electrons. The monoisotopic (exact) mass is 352 g/mol. The number of nitrogens with zero attached hydrogens (tertiary/aromatic N) is 1. The second-order valence-corrected chi connectivity index (χ2v) is 6.10. The van der Waals surface area contributed by atoms with Crippen molar-refractivity contribution in [2.24, 2.45) is 5.92 Å². The van der Waals surface area contributed by atoms with Crippen LogP contribution in [0.15, 0.2) is 41.1 Å². The van der Waals surface area contributed by atoms with Gasteiger partial charge in [-0.3, -0.25) is 4.98 Å². The number of aromatic nitrogens is 1. The molecule has 5 heteroatoms. The lowest BCUT2D eigenvalue weighted by Crippen LogP contribution is -2.19. The first-order valence-electron chi connectivity index (χ1n) is 6.82. The molecule has 0 spiro atoms. The van der Waals surface area contributed by atoms with Crippen LogP contribution in [0.1, 0.15) is 19.4 Å². The van der Waals surface area contributed by atoms with Crippen LogP contribution >= 0.6 is 15.9 Å². The first-order valence-corrected chi connectivity index (χ1v) is 7.62. The molecule has 0 saturated carbocycles. The minimum atomic E-state index is -0.401. The summed E-state index contributed by atoms with van der Waals surface area (Å²) in [5, 5.41) is 3.33. The van der Waals surface area contributed by atoms with Gasteiger partial charge in [-0.25, -0.2) is 4.39 Å². The van der Waals surface area contributed by atoms with E-state index in [4.69, 9.17) is 4.74 Å². The molecule has 2 aromatic rings. The minimum Gasteiger partial charge on any atom is -0.454 e. The zero-order chi connectivity index (χ0) is 15.2. The summed E-state index contributed by atoms with van der Waals surface area (Å²) in [5.41, 5.74) is 0.903.